The molecular weight excluding hydrogens is 320 g/mol. The molecule has 1 heterocycles. The molecule has 1 aromatic rings. The third-order valence-corrected chi connectivity index (χ3v) is 4.33. The molecule has 1 aliphatic heterocycles. The van der Waals surface area contributed by atoms with E-state index in [0.29, 0.717) is 31.1 Å². The van der Waals surface area contributed by atoms with E-state index in [2.05, 4.69) is 11.5 Å². The molecule has 25 heavy (non-hydrogen) atoms. The highest BCUT2D eigenvalue weighted by Crippen LogP contribution is 2.28. The van der Waals surface area contributed by atoms with E-state index in [-0.39, 0.29) is 12.5 Å². The van der Waals surface area contributed by atoms with Crippen molar-refractivity contribution in [2.45, 2.75) is 19.4 Å². The monoisotopic (exact) mass is 348 g/mol. The van der Waals surface area contributed by atoms with E-state index < -0.39 is 6.10 Å². The number of methoxy groups -OCH3 is 1. The standard InChI is InChI=1S/C19H28N2O4/c1-4-5-16-6-7-18(19(12-16)24-3)25-14-17(23)13-20-8-10-21(11-9-20)15(2)22/h4,6-7,12,17,23H,1,5,8-11,13-14H2,2-3H3. The van der Waals surface area contributed by atoms with Crippen LogP contribution >= 0.6 is 0 Å². The van der Waals surface area contributed by atoms with Crippen LogP contribution in [0.5, 0.6) is 11.5 Å². The number of piperazine rings is 1. The summed E-state index contributed by atoms with van der Waals surface area (Å²) in [5, 5.41) is 10.2. The van der Waals surface area contributed by atoms with Gasteiger partial charge in [-0.3, -0.25) is 9.69 Å². The smallest absolute Gasteiger partial charge is 0.219 e. The lowest BCUT2D eigenvalue weighted by Gasteiger charge is -2.35. The van der Waals surface area contributed by atoms with Gasteiger partial charge in [0.15, 0.2) is 11.5 Å². The molecule has 0 saturated carbocycles. The summed E-state index contributed by atoms with van der Waals surface area (Å²) in [5.74, 6) is 1.38. The molecule has 0 aliphatic carbocycles. The first-order valence-corrected chi connectivity index (χ1v) is 8.60. The number of hydrogen-bond donors (Lipinski definition) is 1. The second kappa shape index (κ2) is 9.44. The zero-order valence-electron chi connectivity index (χ0n) is 15.1. The number of benzene rings is 1. The fourth-order valence-corrected chi connectivity index (χ4v) is 2.91. The molecular formula is C19H28N2O4. The van der Waals surface area contributed by atoms with Gasteiger partial charge >= 0.3 is 0 Å². The molecule has 6 nitrogen and oxygen atoms in total. The van der Waals surface area contributed by atoms with Crippen LogP contribution in [0.2, 0.25) is 0 Å². The number of aliphatic hydroxyl groups is 1. The van der Waals surface area contributed by atoms with Gasteiger partial charge in [0.05, 0.1) is 7.11 Å². The van der Waals surface area contributed by atoms with E-state index >= 15 is 0 Å². The molecule has 1 aromatic carbocycles. The van der Waals surface area contributed by atoms with E-state index in [1.54, 1.807) is 14.0 Å². The highest BCUT2D eigenvalue weighted by molar-refractivity contribution is 5.73. The molecule has 1 saturated heterocycles. The van der Waals surface area contributed by atoms with E-state index in [4.69, 9.17) is 9.47 Å². The van der Waals surface area contributed by atoms with E-state index in [0.717, 1.165) is 25.1 Å². The highest BCUT2D eigenvalue weighted by Gasteiger charge is 2.21. The summed E-state index contributed by atoms with van der Waals surface area (Å²) >= 11 is 0. The van der Waals surface area contributed by atoms with Crippen LogP contribution in [0.1, 0.15) is 12.5 Å². The molecule has 1 unspecified atom stereocenters. The number of nitrogens with zero attached hydrogens (tertiary/aromatic N) is 2. The van der Waals surface area contributed by atoms with Gasteiger partial charge in [-0.2, -0.15) is 0 Å². The molecule has 138 valence electrons. The maximum atomic E-state index is 11.3. The van der Waals surface area contributed by atoms with Crippen molar-refractivity contribution < 1.29 is 19.4 Å². The maximum absolute atomic E-state index is 11.3. The molecule has 2 rings (SSSR count). The molecule has 1 amide bonds. The molecule has 1 atom stereocenters. The predicted molar refractivity (Wildman–Crippen MR) is 97.1 cm³/mol. The summed E-state index contributed by atoms with van der Waals surface area (Å²) < 4.78 is 11.1. The molecule has 1 N–H and O–H groups in total. The third-order valence-electron chi connectivity index (χ3n) is 4.33. The largest absolute Gasteiger partial charge is 0.493 e. The lowest BCUT2D eigenvalue weighted by molar-refractivity contribution is -0.130. The van der Waals surface area contributed by atoms with Gasteiger partial charge in [-0.15, -0.1) is 6.58 Å². The number of carbonyl (C=O) groups excluding carboxylic acids is 1. The summed E-state index contributed by atoms with van der Waals surface area (Å²) in [6, 6.07) is 5.74. The summed E-state index contributed by atoms with van der Waals surface area (Å²) in [6.45, 7) is 9.02. The van der Waals surface area contributed by atoms with Crippen molar-refractivity contribution in [3.05, 3.63) is 36.4 Å². The summed E-state index contributed by atoms with van der Waals surface area (Å²) in [4.78, 5) is 15.3. The van der Waals surface area contributed by atoms with Crippen LogP contribution in [-0.2, 0) is 11.2 Å². The first-order chi connectivity index (χ1) is 12.0. The molecule has 6 heteroatoms. The lowest BCUT2D eigenvalue weighted by Crippen LogP contribution is -2.50. The molecule has 0 aromatic heterocycles. The van der Waals surface area contributed by atoms with E-state index in [9.17, 15) is 9.90 Å². The molecule has 0 bridgehead atoms. The van der Waals surface area contributed by atoms with Gasteiger partial charge in [0, 0.05) is 39.6 Å². The Bertz CT molecular complexity index is 583. The van der Waals surface area contributed by atoms with Gasteiger partial charge in [0.2, 0.25) is 5.91 Å². The van der Waals surface area contributed by atoms with Crippen molar-refractivity contribution in [1.29, 1.82) is 0 Å². The number of amides is 1. The van der Waals surface area contributed by atoms with Crippen molar-refractivity contribution in [2.75, 3.05) is 46.4 Å². The SMILES string of the molecule is C=CCc1ccc(OCC(O)CN2CCN(C(C)=O)CC2)c(OC)c1. The summed E-state index contributed by atoms with van der Waals surface area (Å²) in [7, 11) is 1.60. The van der Waals surface area contributed by atoms with Crippen molar-refractivity contribution in [2.24, 2.45) is 0 Å². The Kier molecular flexibility index (Phi) is 7.28. The van der Waals surface area contributed by atoms with Gasteiger partial charge in [0.1, 0.15) is 12.7 Å². The minimum atomic E-state index is -0.596. The first kappa shape index (κ1) is 19.3. The number of carbonyl (C=O) groups is 1. The van der Waals surface area contributed by atoms with Crippen LogP contribution in [0.3, 0.4) is 0 Å². The van der Waals surface area contributed by atoms with Crippen LogP contribution in [-0.4, -0.2) is 73.4 Å². The van der Waals surface area contributed by atoms with Crippen LogP contribution in [0.4, 0.5) is 0 Å². The third kappa shape index (κ3) is 5.76. The van der Waals surface area contributed by atoms with E-state index in [1.165, 1.54) is 0 Å². The second-order valence-electron chi connectivity index (χ2n) is 6.25. The minimum Gasteiger partial charge on any atom is -0.493 e. The Hall–Kier alpha value is -2.05. The maximum Gasteiger partial charge on any atom is 0.219 e. The molecule has 0 radical (unpaired) electrons. The summed E-state index contributed by atoms with van der Waals surface area (Å²) in [6.07, 6.45) is 2.01. The zero-order chi connectivity index (χ0) is 18.2. The van der Waals surface area contributed by atoms with Crippen molar-refractivity contribution in [1.82, 2.24) is 9.80 Å². The number of rotatable bonds is 8. The average molecular weight is 348 g/mol. The molecule has 1 fully saturated rings. The second-order valence-corrected chi connectivity index (χ2v) is 6.25. The van der Waals surface area contributed by atoms with Crippen LogP contribution in [0.15, 0.2) is 30.9 Å². The van der Waals surface area contributed by atoms with Gasteiger partial charge in [-0.25, -0.2) is 0 Å². The van der Waals surface area contributed by atoms with Gasteiger partial charge in [-0.05, 0) is 24.1 Å². The van der Waals surface area contributed by atoms with Gasteiger partial charge in [-0.1, -0.05) is 12.1 Å². The Morgan fingerprint density at radius 3 is 2.64 bits per heavy atom. The van der Waals surface area contributed by atoms with Crippen molar-refractivity contribution in [3.63, 3.8) is 0 Å². The lowest BCUT2D eigenvalue weighted by atomic mass is 10.1. The fourth-order valence-electron chi connectivity index (χ4n) is 2.91. The van der Waals surface area contributed by atoms with E-state index in [1.807, 2.05) is 29.2 Å². The quantitative estimate of drug-likeness (QED) is 0.718. The highest BCUT2D eigenvalue weighted by atomic mass is 16.5. The van der Waals surface area contributed by atoms with Crippen molar-refractivity contribution in [3.8, 4) is 11.5 Å². The van der Waals surface area contributed by atoms with Crippen LogP contribution in [0, 0.1) is 0 Å². The number of aliphatic hydroxyl groups excluding tert-OH is 1. The fraction of sp³-hybridized carbons (Fsp3) is 0.526. The first-order valence-electron chi connectivity index (χ1n) is 8.60. The average Bonchev–Trinajstić information content (AvgIpc) is 2.61. The Morgan fingerprint density at radius 1 is 1.32 bits per heavy atom. The van der Waals surface area contributed by atoms with Gasteiger partial charge in [0.25, 0.3) is 0 Å². The normalized spacial score (nSPS) is 16.4. The summed E-state index contributed by atoms with van der Waals surface area (Å²) in [5.41, 5.74) is 1.10. The topological polar surface area (TPSA) is 62.2 Å². The Labute approximate surface area is 149 Å². The predicted octanol–water partition coefficient (Wildman–Crippen LogP) is 1.33. The van der Waals surface area contributed by atoms with Crippen LogP contribution in [0.25, 0.3) is 0 Å². The number of hydrogen-bond acceptors (Lipinski definition) is 5. The Morgan fingerprint density at radius 2 is 2.04 bits per heavy atom. The van der Waals surface area contributed by atoms with Crippen molar-refractivity contribution >= 4 is 5.91 Å². The number of ether oxygens (including phenoxy) is 2. The number of β-amino-alcohol motifs (C(OH)–C–C–N with tert-alkyl or cyclic N) is 1. The zero-order valence-corrected chi connectivity index (χ0v) is 15.1. The van der Waals surface area contributed by atoms with Gasteiger partial charge < -0.3 is 19.5 Å². The minimum absolute atomic E-state index is 0.107. The Balaban J connectivity index is 1.81. The molecule has 1 aliphatic rings. The van der Waals surface area contributed by atoms with Crippen LogP contribution < -0.4 is 9.47 Å². The molecule has 0 spiro atoms. The number of allylic oxidation sites excluding steroid dienone is 1.